The van der Waals surface area contributed by atoms with E-state index in [1.165, 1.54) is 4.90 Å². The predicted molar refractivity (Wildman–Crippen MR) is 104 cm³/mol. The molecule has 1 aliphatic heterocycles. The Labute approximate surface area is 171 Å². The zero-order chi connectivity index (χ0) is 21.3. The van der Waals surface area contributed by atoms with Crippen LogP contribution in [0.2, 0.25) is 0 Å². The normalized spacial score (nSPS) is 17.2. The molecule has 1 aliphatic rings. The number of morpholine rings is 1. The van der Waals surface area contributed by atoms with Crippen LogP contribution in [0.1, 0.15) is 33.3 Å². The fourth-order valence-electron chi connectivity index (χ4n) is 3.53. The molecule has 1 saturated heterocycles. The van der Waals surface area contributed by atoms with Crippen molar-refractivity contribution < 1.29 is 22.7 Å². The fourth-order valence-corrected chi connectivity index (χ4v) is 3.53. The van der Waals surface area contributed by atoms with Crippen molar-refractivity contribution in [2.24, 2.45) is 0 Å². The highest BCUT2D eigenvalue weighted by Crippen LogP contribution is 2.35. The van der Waals surface area contributed by atoms with Gasteiger partial charge in [-0.05, 0) is 24.6 Å². The first-order valence-electron chi connectivity index (χ1n) is 9.52. The van der Waals surface area contributed by atoms with Gasteiger partial charge in [0.05, 0.1) is 30.6 Å². The van der Waals surface area contributed by atoms with Gasteiger partial charge >= 0.3 is 6.18 Å². The van der Waals surface area contributed by atoms with Crippen molar-refractivity contribution in [1.29, 1.82) is 0 Å². The standard InChI is InChI=1S/C22H20F3N3O2/c1-15-7-9-17(10-8-15)28-20(22(23,24)25)18(13-26-28)21(29)27-11-12-30-19(14-27)16-5-3-2-4-6-16/h2-10,13,19H,11-12,14H2,1H3/t19-/m1/s1. The Hall–Kier alpha value is -3.13. The molecule has 8 heteroatoms. The Morgan fingerprint density at radius 2 is 1.80 bits per heavy atom. The molecule has 0 N–H and O–H groups in total. The van der Waals surface area contributed by atoms with E-state index in [1.54, 1.807) is 24.3 Å². The van der Waals surface area contributed by atoms with Gasteiger partial charge in [-0.1, -0.05) is 48.0 Å². The van der Waals surface area contributed by atoms with Gasteiger partial charge in [-0.25, -0.2) is 4.68 Å². The van der Waals surface area contributed by atoms with Gasteiger partial charge < -0.3 is 9.64 Å². The molecule has 3 aromatic rings. The Morgan fingerprint density at radius 3 is 2.47 bits per heavy atom. The lowest BCUT2D eigenvalue weighted by atomic mass is 10.1. The molecule has 5 nitrogen and oxygen atoms in total. The lowest BCUT2D eigenvalue weighted by molar-refractivity contribution is -0.143. The number of ether oxygens (including phenoxy) is 1. The Balaban J connectivity index is 1.66. The minimum Gasteiger partial charge on any atom is -0.370 e. The van der Waals surface area contributed by atoms with Crippen molar-refractivity contribution in [3.05, 3.63) is 83.2 Å². The van der Waals surface area contributed by atoms with Crippen molar-refractivity contribution in [3.63, 3.8) is 0 Å². The fraction of sp³-hybridized carbons (Fsp3) is 0.273. The van der Waals surface area contributed by atoms with Gasteiger partial charge in [-0.3, -0.25) is 4.79 Å². The van der Waals surface area contributed by atoms with E-state index in [0.717, 1.165) is 22.0 Å². The summed E-state index contributed by atoms with van der Waals surface area (Å²) >= 11 is 0. The third-order valence-corrected chi connectivity index (χ3v) is 5.07. The van der Waals surface area contributed by atoms with Gasteiger partial charge in [0.1, 0.15) is 6.10 Å². The Kier molecular flexibility index (Phi) is 5.34. The summed E-state index contributed by atoms with van der Waals surface area (Å²) in [6.45, 7) is 2.48. The van der Waals surface area contributed by atoms with E-state index in [4.69, 9.17) is 4.74 Å². The highest BCUT2D eigenvalue weighted by Gasteiger charge is 2.42. The van der Waals surface area contributed by atoms with Gasteiger partial charge in [0.15, 0.2) is 5.69 Å². The summed E-state index contributed by atoms with van der Waals surface area (Å²) in [5, 5.41) is 3.89. The second kappa shape index (κ2) is 7.95. The largest absolute Gasteiger partial charge is 0.434 e. The number of aromatic nitrogens is 2. The number of hydrogen-bond donors (Lipinski definition) is 0. The molecular formula is C22H20F3N3O2. The quantitative estimate of drug-likeness (QED) is 0.637. The van der Waals surface area contributed by atoms with Gasteiger partial charge in [0.2, 0.25) is 0 Å². The molecular weight excluding hydrogens is 395 g/mol. The second-order valence-electron chi connectivity index (χ2n) is 7.17. The van der Waals surface area contributed by atoms with Gasteiger partial charge in [-0.15, -0.1) is 0 Å². The molecule has 2 heterocycles. The van der Waals surface area contributed by atoms with Crippen LogP contribution in [0.4, 0.5) is 13.2 Å². The molecule has 0 aliphatic carbocycles. The number of halogens is 3. The lowest BCUT2D eigenvalue weighted by Gasteiger charge is -2.33. The molecule has 1 atom stereocenters. The highest BCUT2D eigenvalue weighted by molar-refractivity contribution is 5.95. The van der Waals surface area contributed by atoms with Crippen molar-refractivity contribution in [3.8, 4) is 5.69 Å². The average molecular weight is 415 g/mol. The maximum atomic E-state index is 13.9. The number of carbonyl (C=O) groups is 1. The number of benzene rings is 2. The van der Waals surface area contributed by atoms with Crippen LogP contribution in [0.25, 0.3) is 5.69 Å². The maximum absolute atomic E-state index is 13.9. The molecule has 0 radical (unpaired) electrons. The third-order valence-electron chi connectivity index (χ3n) is 5.07. The molecule has 156 valence electrons. The van der Waals surface area contributed by atoms with Crippen LogP contribution in [-0.2, 0) is 10.9 Å². The van der Waals surface area contributed by atoms with Gasteiger partial charge in [0.25, 0.3) is 5.91 Å². The molecule has 1 amide bonds. The molecule has 30 heavy (non-hydrogen) atoms. The van der Waals surface area contributed by atoms with Crippen LogP contribution < -0.4 is 0 Å². The van der Waals surface area contributed by atoms with Crippen molar-refractivity contribution in [2.75, 3.05) is 19.7 Å². The third kappa shape index (κ3) is 3.95. The number of nitrogens with zero attached hydrogens (tertiary/aromatic N) is 3. The first kappa shape index (κ1) is 20.2. The summed E-state index contributed by atoms with van der Waals surface area (Å²) in [6.07, 6.45) is -4.12. The van der Waals surface area contributed by atoms with Crippen LogP contribution in [0.15, 0.2) is 60.8 Å². The summed E-state index contributed by atoms with van der Waals surface area (Å²) in [5.41, 5.74) is 0.504. The number of amides is 1. The van der Waals surface area contributed by atoms with E-state index < -0.39 is 23.3 Å². The van der Waals surface area contributed by atoms with Crippen LogP contribution >= 0.6 is 0 Å². The number of aryl methyl sites for hydroxylation is 1. The molecule has 2 aromatic carbocycles. The van der Waals surface area contributed by atoms with Crippen molar-refractivity contribution in [1.82, 2.24) is 14.7 Å². The van der Waals surface area contributed by atoms with E-state index >= 15 is 0 Å². The van der Waals surface area contributed by atoms with E-state index in [0.29, 0.717) is 0 Å². The summed E-state index contributed by atoms with van der Waals surface area (Å²) < 4.78 is 48.3. The predicted octanol–water partition coefficient (Wildman–Crippen LogP) is 4.41. The van der Waals surface area contributed by atoms with Crippen LogP contribution in [0.5, 0.6) is 0 Å². The van der Waals surface area contributed by atoms with E-state index in [1.807, 2.05) is 37.3 Å². The minimum absolute atomic E-state index is 0.176. The van der Waals surface area contributed by atoms with Crippen LogP contribution in [0.3, 0.4) is 0 Å². The number of rotatable bonds is 3. The van der Waals surface area contributed by atoms with E-state index in [-0.39, 0.29) is 31.5 Å². The molecule has 4 rings (SSSR count). The van der Waals surface area contributed by atoms with E-state index in [9.17, 15) is 18.0 Å². The van der Waals surface area contributed by atoms with Gasteiger partial charge in [-0.2, -0.15) is 18.3 Å². The summed E-state index contributed by atoms with van der Waals surface area (Å²) in [5.74, 6) is -0.704. The summed E-state index contributed by atoms with van der Waals surface area (Å²) in [7, 11) is 0. The Morgan fingerprint density at radius 1 is 1.10 bits per heavy atom. The minimum atomic E-state index is -4.74. The zero-order valence-electron chi connectivity index (χ0n) is 16.3. The maximum Gasteiger partial charge on any atom is 0.434 e. The smallest absolute Gasteiger partial charge is 0.370 e. The Bertz CT molecular complexity index is 1030. The second-order valence-corrected chi connectivity index (χ2v) is 7.17. The topological polar surface area (TPSA) is 47.4 Å². The molecule has 1 aromatic heterocycles. The monoisotopic (exact) mass is 415 g/mol. The molecule has 0 spiro atoms. The zero-order valence-corrected chi connectivity index (χ0v) is 16.3. The highest BCUT2D eigenvalue weighted by atomic mass is 19.4. The number of carbonyl (C=O) groups excluding carboxylic acids is 1. The average Bonchev–Trinajstić information content (AvgIpc) is 3.20. The molecule has 0 bridgehead atoms. The van der Waals surface area contributed by atoms with E-state index in [2.05, 4.69) is 5.10 Å². The first-order valence-corrected chi connectivity index (χ1v) is 9.52. The lowest BCUT2D eigenvalue weighted by Crippen LogP contribution is -2.42. The summed E-state index contributed by atoms with van der Waals surface area (Å²) in [4.78, 5) is 14.5. The van der Waals surface area contributed by atoms with Crippen LogP contribution in [0, 0.1) is 6.92 Å². The van der Waals surface area contributed by atoms with Crippen molar-refractivity contribution in [2.45, 2.75) is 19.2 Å². The molecule has 1 fully saturated rings. The van der Waals surface area contributed by atoms with Gasteiger partial charge in [0, 0.05) is 6.54 Å². The van der Waals surface area contributed by atoms with Crippen molar-refractivity contribution >= 4 is 5.91 Å². The number of hydrogen-bond acceptors (Lipinski definition) is 3. The first-order chi connectivity index (χ1) is 14.3. The number of alkyl halides is 3. The SMILES string of the molecule is Cc1ccc(-n2ncc(C(=O)N3CCO[C@@H](c4ccccc4)C3)c2C(F)(F)F)cc1. The molecule has 0 saturated carbocycles. The molecule has 0 unspecified atom stereocenters. The summed E-state index contributed by atoms with van der Waals surface area (Å²) in [6, 6.07) is 15.8. The van der Waals surface area contributed by atoms with Crippen LogP contribution in [-0.4, -0.2) is 40.3 Å².